The Morgan fingerprint density at radius 1 is 1.36 bits per heavy atom. The minimum absolute atomic E-state index is 0.122. The molecule has 0 spiro atoms. The maximum atomic E-state index is 9.43. The van der Waals surface area contributed by atoms with E-state index >= 15 is 0 Å². The van der Waals surface area contributed by atoms with Crippen molar-refractivity contribution in [2.45, 2.75) is 19.4 Å². The van der Waals surface area contributed by atoms with E-state index in [1.54, 1.807) is 6.92 Å². The van der Waals surface area contributed by atoms with E-state index in [1.807, 2.05) is 24.3 Å². The molecule has 1 atom stereocenters. The molecule has 1 aromatic carbocycles. The van der Waals surface area contributed by atoms with Crippen molar-refractivity contribution in [1.82, 2.24) is 0 Å². The van der Waals surface area contributed by atoms with Crippen LogP contribution in [0, 0.1) is 0 Å². The second kappa shape index (κ2) is 5.62. The average molecular weight is 196 g/mol. The highest BCUT2D eigenvalue weighted by molar-refractivity contribution is 5.34. The van der Waals surface area contributed by atoms with Gasteiger partial charge < -0.3 is 14.9 Å². The minimum atomic E-state index is -0.527. The molecule has 0 unspecified atom stereocenters. The number of aliphatic hydroxyl groups is 2. The molecule has 0 saturated carbocycles. The fourth-order valence-electron chi connectivity index (χ4n) is 1.20. The molecule has 3 heteroatoms. The number of para-hydroxylation sites is 1. The average Bonchev–Trinajstić information content (AvgIpc) is 2.19. The summed E-state index contributed by atoms with van der Waals surface area (Å²) >= 11 is 0. The van der Waals surface area contributed by atoms with Gasteiger partial charge in [-0.15, -0.1) is 0 Å². The molecule has 0 heterocycles. The Hall–Kier alpha value is -1.06. The molecule has 0 radical (unpaired) electrons. The molecule has 3 nitrogen and oxygen atoms in total. The normalized spacial score (nSPS) is 12.5. The molecule has 0 bridgehead atoms. The first-order valence-corrected chi connectivity index (χ1v) is 4.76. The van der Waals surface area contributed by atoms with Crippen LogP contribution in [-0.4, -0.2) is 23.4 Å². The van der Waals surface area contributed by atoms with Gasteiger partial charge >= 0.3 is 0 Å². The summed E-state index contributed by atoms with van der Waals surface area (Å²) in [5, 5.41) is 18.0. The summed E-state index contributed by atoms with van der Waals surface area (Å²) in [6.45, 7) is 2.30. The maximum absolute atomic E-state index is 9.43. The molecule has 0 aliphatic heterocycles. The van der Waals surface area contributed by atoms with Crippen LogP contribution in [0.15, 0.2) is 24.3 Å². The monoisotopic (exact) mass is 196 g/mol. The van der Waals surface area contributed by atoms with Crippen molar-refractivity contribution in [2.24, 2.45) is 0 Å². The molecule has 0 fully saturated rings. The van der Waals surface area contributed by atoms with E-state index in [0.717, 1.165) is 5.56 Å². The van der Waals surface area contributed by atoms with Crippen molar-refractivity contribution in [2.75, 3.05) is 13.2 Å². The molecule has 2 N–H and O–H groups in total. The molecule has 0 aromatic heterocycles. The summed E-state index contributed by atoms with van der Waals surface area (Å²) in [6.07, 6.45) is 0.0778. The zero-order chi connectivity index (χ0) is 10.4. The van der Waals surface area contributed by atoms with E-state index in [2.05, 4.69) is 0 Å². The Kier molecular flexibility index (Phi) is 4.43. The van der Waals surface area contributed by atoms with E-state index in [0.29, 0.717) is 18.8 Å². The number of hydrogen-bond acceptors (Lipinski definition) is 3. The van der Waals surface area contributed by atoms with E-state index < -0.39 is 6.10 Å². The Morgan fingerprint density at radius 2 is 2.07 bits per heavy atom. The summed E-state index contributed by atoms with van der Waals surface area (Å²) in [4.78, 5) is 0. The third-order valence-corrected chi connectivity index (χ3v) is 1.93. The van der Waals surface area contributed by atoms with Crippen molar-refractivity contribution < 1.29 is 14.9 Å². The molecule has 78 valence electrons. The van der Waals surface area contributed by atoms with Gasteiger partial charge in [-0.05, 0) is 13.0 Å². The van der Waals surface area contributed by atoms with Gasteiger partial charge in [-0.25, -0.2) is 0 Å². The van der Waals surface area contributed by atoms with Gasteiger partial charge in [-0.1, -0.05) is 18.2 Å². The van der Waals surface area contributed by atoms with E-state index in [1.165, 1.54) is 0 Å². The summed E-state index contributed by atoms with van der Waals surface area (Å²) in [5.74, 6) is 0.691. The third-order valence-electron chi connectivity index (χ3n) is 1.93. The Labute approximate surface area is 84.0 Å². The smallest absolute Gasteiger partial charge is 0.125 e. The molecule has 0 amide bonds. The van der Waals surface area contributed by atoms with Gasteiger partial charge in [0.05, 0.1) is 12.7 Å². The summed E-state index contributed by atoms with van der Waals surface area (Å²) in [6, 6.07) is 7.37. The van der Waals surface area contributed by atoms with Gasteiger partial charge in [0.1, 0.15) is 5.75 Å². The van der Waals surface area contributed by atoms with Crippen LogP contribution in [0.2, 0.25) is 0 Å². The quantitative estimate of drug-likeness (QED) is 0.702. The van der Waals surface area contributed by atoms with Crippen LogP contribution in [0.5, 0.6) is 5.75 Å². The maximum Gasteiger partial charge on any atom is 0.125 e. The summed E-state index contributed by atoms with van der Waals surface area (Å²) in [7, 11) is 0. The van der Waals surface area contributed by atoms with E-state index in [4.69, 9.17) is 9.84 Å². The number of aliphatic hydroxyl groups excluding tert-OH is 2. The van der Waals surface area contributed by atoms with Crippen LogP contribution in [0.25, 0.3) is 0 Å². The number of hydrogen-bond donors (Lipinski definition) is 2. The van der Waals surface area contributed by atoms with Gasteiger partial charge in [-0.2, -0.15) is 0 Å². The molecular weight excluding hydrogens is 180 g/mol. The highest BCUT2D eigenvalue weighted by atomic mass is 16.5. The second-order valence-electron chi connectivity index (χ2n) is 3.14. The molecule has 1 rings (SSSR count). The van der Waals surface area contributed by atoms with Crippen LogP contribution in [0.4, 0.5) is 0 Å². The van der Waals surface area contributed by atoms with Crippen molar-refractivity contribution in [3.8, 4) is 5.75 Å². The fourth-order valence-corrected chi connectivity index (χ4v) is 1.20. The van der Waals surface area contributed by atoms with Crippen molar-refractivity contribution in [1.29, 1.82) is 0 Å². The fraction of sp³-hybridized carbons (Fsp3) is 0.455. The second-order valence-corrected chi connectivity index (χ2v) is 3.14. The highest BCUT2D eigenvalue weighted by Crippen LogP contribution is 2.24. The predicted molar refractivity (Wildman–Crippen MR) is 54.3 cm³/mol. The van der Waals surface area contributed by atoms with Crippen LogP contribution in [0.1, 0.15) is 25.0 Å². The van der Waals surface area contributed by atoms with Crippen molar-refractivity contribution >= 4 is 0 Å². The van der Waals surface area contributed by atoms with Crippen LogP contribution in [-0.2, 0) is 0 Å². The number of ether oxygens (including phenoxy) is 1. The summed E-state index contributed by atoms with van der Waals surface area (Å²) < 4.78 is 5.42. The summed E-state index contributed by atoms with van der Waals surface area (Å²) in [5.41, 5.74) is 0.783. The lowest BCUT2D eigenvalue weighted by molar-refractivity contribution is 0.187. The van der Waals surface area contributed by atoms with Gasteiger partial charge in [0.25, 0.3) is 0 Å². The van der Waals surface area contributed by atoms with Gasteiger partial charge in [0, 0.05) is 18.6 Å². The topological polar surface area (TPSA) is 49.7 Å². The van der Waals surface area contributed by atoms with E-state index in [9.17, 15) is 5.11 Å². The largest absolute Gasteiger partial charge is 0.493 e. The molecular formula is C11H16O3. The first-order chi connectivity index (χ1) is 6.75. The lowest BCUT2D eigenvalue weighted by Crippen LogP contribution is -2.03. The Morgan fingerprint density at radius 3 is 2.71 bits per heavy atom. The SMILES string of the molecule is C[C@@H](O)c1ccccc1OCCCO. The van der Waals surface area contributed by atoms with Crippen molar-refractivity contribution in [3.05, 3.63) is 29.8 Å². The van der Waals surface area contributed by atoms with Gasteiger partial charge in [0.15, 0.2) is 0 Å². The Balaban J connectivity index is 2.64. The molecule has 0 saturated heterocycles. The lowest BCUT2D eigenvalue weighted by atomic mass is 10.1. The third kappa shape index (κ3) is 3.01. The van der Waals surface area contributed by atoms with Crippen LogP contribution < -0.4 is 4.74 Å². The van der Waals surface area contributed by atoms with Gasteiger partial charge in [0.2, 0.25) is 0 Å². The highest BCUT2D eigenvalue weighted by Gasteiger charge is 2.07. The number of benzene rings is 1. The molecule has 14 heavy (non-hydrogen) atoms. The Bertz CT molecular complexity index is 271. The number of rotatable bonds is 5. The minimum Gasteiger partial charge on any atom is -0.493 e. The lowest BCUT2D eigenvalue weighted by Gasteiger charge is -2.12. The standard InChI is InChI=1S/C11H16O3/c1-9(13)10-5-2-3-6-11(10)14-8-4-7-12/h2-3,5-6,9,12-13H,4,7-8H2,1H3/t9-/m1/s1. The zero-order valence-corrected chi connectivity index (χ0v) is 8.31. The van der Waals surface area contributed by atoms with Crippen LogP contribution >= 0.6 is 0 Å². The van der Waals surface area contributed by atoms with Crippen LogP contribution in [0.3, 0.4) is 0 Å². The molecule has 0 aliphatic carbocycles. The van der Waals surface area contributed by atoms with Crippen molar-refractivity contribution in [3.63, 3.8) is 0 Å². The molecule has 0 aliphatic rings. The zero-order valence-electron chi connectivity index (χ0n) is 8.31. The van der Waals surface area contributed by atoms with E-state index in [-0.39, 0.29) is 6.61 Å². The predicted octanol–water partition coefficient (Wildman–Crippen LogP) is 1.50. The van der Waals surface area contributed by atoms with Gasteiger partial charge in [-0.3, -0.25) is 0 Å². The molecule has 1 aromatic rings. The first kappa shape index (κ1) is 11.0. The first-order valence-electron chi connectivity index (χ1n) is 4.76.